The monoisotopic (exact) mass is 266 g/mol. The lowest BCUT2D eigenvalue weighted by Crippen LogP contribution is -2.37. The van der Waals surface area contributed by atoms with Gasteiger partial charge in [0.05, 0.1) is 6.10 Å². The zero-order valence-corrected chi connectivity index (χ0v) is 11.6. The number of nitrogens with zero attached hydrogens (tertiary/aromatic N) is 1. The van der Waals surface area contributed by atoms with Crippen molar-refractivity contribution in [3.05, 3.63) is 29.6 Å². The van der Waals surface area contributed by atoms with E-state index in [9.17, 15) is 4.39 Å². The lowest BCUT2D eigenvalue weighted by Gasteiger charge is -2.33. The van der Waals surface area contributed by atoms with Gasteiger partial charge in [-0.1, -0.05) is 0 Å². The van der Waals surface area contributed by atoms with Crippen LogP contribution in [0.3, 0.4) is 0 Å². The van der Waals surface area contributed by atoms with Crippen molar-refractivity contribution in [2.45, 2.75) is 32.3 Å². The summed E-state index contributed by atoms with van der Waals surface area (Å²) in [6.07, 6.45) is 3.10. The third-order valence-electron chi connectivity index (χ3n) is 3.58. The number of rotatable bonds is 5. The van der Waals surface area contributed by atoms with Crippen LogP contribution in [0, 0.1) is 5.82 Å². The molecule has 0 amide bonds. The molecule has 1 aliphatic heterocycles. The van der Waals surface area contributed by atoms with Gasteiger partial charge in [0, 0.05) is 25.4 Å². The first-order valence-electron chi connectivity index (χ1n) is 7.09. The highest BCUT2D eigenvalue weighted by molar-refractivity contribution is 5.49. The normalized spacial score (nSPS) is 16.9. The van der Waals surface area contributed by atoms with E-state index in [1.807, 2.05) is 6.92 Å². The fraction of sp³-hybridized carbons (Fsp3) is 0.600. The van der Waals surface area contributed by atoms with Crippen LogP contribution in [0.5, 0.6) is 0 Å². The largest absolute Gasteiger partial charge is 0.378 e. The van der Waals surface area contributed by atoms with Crippen LogP contribution in [0.15, 0.2) is 18.2 Å². The van der Waals surface area contributed by atoms with E-state index in [2.05, 4.69) is 11.0 Å². The van der Waals surface area contributed by atoms with Crippen molar-refractivity contribution in [2.24, 2.45) is 5.73 Å². The van der Waals surface area contributed by atoms with Crippen LogP contribution in [0.4, 0.5) is 10.1 Å². The van der Waals surface area contributed by atoms with E-state index in [0.717, 1.165) is 50.2 Å². The van der Waals surface area contributed by atoms with Gasteiger partial charge in [0.15, 0.2) is 0 Å². The van der Waals surface area contributed by atoms with Crippen molar-refractivity contribution >= 4 is 5.69 Å². The highest BCUT2D eigenvalue weighted by Crippen LogP contribution is 2.23. The summed E-state index contributed by atoms with van der Waals surface area (Å²) in [5.41, 5.74) is 7.49. The molecule has 4 heteroatoms. The molecule has 2 N–H and O–H groups in total. The second-order valence-electron chi connectivity index (χ2n) is 5.00. The maximum atomic E-state index is 13.6. The summed E-state index contributed by atoms with van der Waals surface area (Å²) in [7, 11) is 0. The average molecular weight is 266 g/mol. The predicted octanol–water partition coefficient (Wildman–Crippen LogP) is 2.33. The molecule has 1 aliphatic rings. The van der Waals surface area contributed by atoms with Gasteiger partial charge in [-0.25, -0.2) is 4.39 Å². The van der Waals surface area contributed by atoms with Crippen LogP contribution in [-0.4, -0.2) is 32.3 Å². The molecule has 0 saturated carbocycles. The van der Waals surface area contributed by atoms with Gasteiger partial charge in [-0.3, -0.25) is 0 Å². The van der Waals surface area contributed by atoms with Crippen LogP contribution in [-0.2, 0) is 11.2 Å². The van der Waals surface area contributed by atoms with E-state index >= 15 is 0 Å². The second kappa shape index (κ2) is 6.87. The zero-order chi connectivity index (χ0) is 13.7. The molecule has 1 aromatic rings. The molecule has 0 unspecified atom stereocenters. The second-order valence-corrected chi connectivity index (χ2v) is 5.00. The molecule has 2 rings (SSSR count). The van der Waals surface area contributed by atoms with Crippen molar-refractivity contribution in [3.63, 3.8) is 0 Å². The molecule has 0 bridgehead atoms. The summed E-state index contributed by atoms with van der Waals surface area (Å²) < 4.78 is 19.2. The predicted molar refractivity (Wildman–Crippen MR) is 76.0 cm³/mol. The lowest BCUT2D eigenvalue weighted by atomic mass is 10.1. The number of nitrogens with two attached hydrogens (primary N) is 1. The SMILES string of the molecule is CCOC1CCN(c2cc(F)cc(CCN)c2)CC1. The van der Waals surface area contributed by atoms with Gasteiger partial charge in [-0.2, -0.15) is 0 Å². The number of hydrogen-bond acceptors (Lipinski definition) is 3. The summed E-state index contributed by atoms with van der Waals surface area (Å²) in [5, 5.41) is 0. The number of halogens is 1. The van der Waals surface area contributed by atoms with E-state index in [1.54, 1.807) is 12.1 Å². The molecule has 0 aromatic heterocycles. The first kappa shape index (κ1) is 14.3. The molecule has 1 fully saturated rings. The van der Waals surface area contributed by atoms with Crippen LogP contribution >= 0.6 is 0 Å². The van der Waals surface area contributed by atoms with E-state index in [-0.39, 0.29) is 5.82 Å². The number of ether oxygens (including phenoxy) is 1. The molecular weight excluding hydrogens is 243 g/mol. The Bertz CT molecular complexity index is 403. The van der Waals surface area contributed by atoms with Gasteiger partial charge in [-0.15, -0.1) is 0 Å². The van der Waals surface area contributed by atoms with Gasteiger partial charge in [-0.05, 0) is 56.5 Å². The van der Waals surface area contributed by atoms with Crippen molar-refractivity contribution < 1.29 is 9.13 Å². The minimum Gasteiger partial charge on any atom is -0.378 e. The van der Waals surface area contributed by atoms with Crippen molar-refractivity contribution in [3.8, 4) is 0 Å². The van der Waals surface area contributed by atoms with Gasteiger partial charge < -0.3 is 15.4 Å². The molecule has 1 aromatic carbocycles. The van der Waals surface area contributed by atoms with Crippen molar-refractivity contribution in [1.29, 1.82) is 0 Å². The molecule has 1 heterocycles. The summed E-state index contributed by atoms with van der Waals surface area (Å²) in [6.45, 7) is 5.20. The maximum absolute atomic E-state index is 13.6. The fourth-order valence-electron chi connectivity index (χ4n) is 2.64. The molecule has 0 spiro atoms. The zero-order valence-electron chi connectivity index (χ0n) is 11.6. The van der Waals surface area contributed by atoms with Crippen LogP contribution in [0.1, 0.15) is 25.3 Å². The highest BCUT2D eigenvalue weighted by atomic mass is 19.1. The molecule has 0 radical (unpaired) electrons. The topological polar surface area (TPSA) is 38.5 Å². The third-order valence-corrected chi connectivity index (χ3v) is 3.58. The summed E-state index contributed by atoms with van der Waals surface area (Å²) in [5.74, 6) is -0.173. The molecule has 0 aliphatic carbocycles. The molecule has 1 saturated heterocycles. The van der Waals surface area contributed by atoms with Crippen molar-refractivity contribution in [2.75, 3.05) is 31.1 Å². The van der Waals surface area contributed by atoms with E-state index in [4.69, 9.17) is 10.5 Å². The summed E-state index contributed by atoms with van der Waals surface area (Å²) in [6, 6.07) is 5.24. The van der Waals surface area contributed by atoms with Gasteiger partial charge in [0.2, 0.25) is 0 Å². The number of anilines is 1. The summed E-state index contributed by atoms with van der Waals surface area (Å²) >= 11 is 0. The Labute approximate surface area is 114 Å². The third kappa shape index (κ3) is 3.91. The molecule has 106 valence electrons. The van der Waals surface area contributed by atoms with Crippen LogP contribution in [0.25, 0.3) is 0 Å². The Hall–Kier alpha value is -1.13. The first-order chi connectivity index (χ1) is 9.22. The Morgan fingerprint density at radius 1 is 1.32 bits per heavy atom. The smallest absolute Gasteiger partial charge is 0.125 e. The van der Waals surface area contributed by atoms with Gasteiger partial charge in [0.25, 0.3) is 0 Å². The number of hydrogen-bond donors (Lipinski definition) is 1. The Morgan fingerprint density at radius 2 is 2.05 bits per heavy atom. The quantitative estimate of drug-likeness (QED) is 0.889. The van der Waals surface area contributed by atoms with Gasteiger partial charge in [0.1, 0.15) is 5.82 Å². The summed E-state index contributed by atoms with van der Waals surface area (Å²) in [4.78, 5) is 2.23. The Balaban J connectivity index is 2.02. The molecule has 3 nitrogen and oxygen atoms in total. The van der Waals surface area contributed by atoms with Gasteiger partial charge >= 0.3 is 0 Å². The van der Waals surface area contributed by atoms with E-state index in [0.29, 0.717) is 12.6 Å². The standard InChI is InChI=1S/C15H23FN2O/c1-2-19-15-4-7-18(8-5-15)14-10-12(3-6-17)9-13(16)11-14/h9-11,15H,2-8,17H2,1H3. The molecule has 19 heavy (non-hydrogen) atoms. The van der Waals surface area contributed by atoms with E-state index in [1.165, 1.54) is 0 Å². The van der Waals surface area contributed by atoms with Crippen molar-refractivity contribution in [1.82, 2.24) is 0 Å². The minimum atomic E-state index is -0.173. The Morgan fingerprint density at radius 3 is 2.68 bits per heavy atom. The van der Waals surface area contributed by atoms with Crippen LogP contribution in [0.2, 0.25) is 0 Å². The maximum Gasteiger partial charge on any atom is 0.125 e. The minimum absolute atomic E-state index is 0.173. The lowest BCUT2D eigenvalue weighted by molar-refractivity contribution is 0.0459. The number of benzene rings is 1. The van der Waals surface area contributed by atoms with E-state index < -0.39 is 0 Å². The average Bonchev–Trinajstić information content (AvgIpc) is 2.40. The fourth-order valence-corrected chi connectivity index (χ4v) is 2.64. The van der Waals surface area contributed by atoms with Crippen LogP contribution < -0.4 is 10.6 Å². The molecule has 0 atom stereocenters. The Kier molecular flexibility index (Phi) is 5.16. The first-order valence-corrected chi connectivity index (χ1v) is 7.09. The number of piperidine rings is 1. The molecular formula is C15H23FN2O. The highest BCUT2D eigenvalue weighted by Gasteiger charge is 2.20.